The third kappa shape index (κ3) is 2.92. The molecule has 0 heterocycles. The summed E-state index contributed by atoms with van der Waals surface area (Å²) < 4.78 is 0. The van der Waals surface area contributed by atoms with Crippen LogP contribution in [0.5, 0.6) is 0 Å². The predicted molar refractivity (Wildman–Crippen MR) is 54.2 cm³/mol. The SMILES string of the molecule is CC1(C)CC(NO)CC(C)(CNO)C1. The topological polar surface area (TPSA) is 64.5 Å². The van der Waals surface area contributed by atoms with Crippen molar-refractivity contribution in [1.29, 1.82) is 0 Å². The first-order chi connectivity index (χ1) is 6.41. The molecular formula is C10H22N2O2. The smallest absolute Gasteiger partial charge is 0.0330 e. The van der Waals surface area contributed by atoms with Gasteiger partial charge < -0.3 is 10.4 Å². The van der Waals surface area contributed by atoms with E-state index in [1.54, 1.807) is 0 Å². The summed E-state index contributed by atoms with van der Waals surface area (Å²) in [4.78, 5) is 0. The summed E-state index contributed by atoms with van der Waals surface area (Å²) in [5, 5.41) is 17.8. The fraction of sp³-hybridized carbons (Fsp3) is 1.00. The van der Waals surface area contributed by atoms with E-state index in [-0.39, 0.29) is 16.9 Å². The lowest BCUT2D eigenvalue weighted by molar-refractivity contribution is -0.00426. The van der Waals surface area contributed by atoms with E-state index >= 15 is 0 Å². The molecule has 4 heteroatoms. The largest absolute Gasteiger partial charge is 0.317 e. The molecule has 1 fully saturated rings. The van der Waals surface area contributed by atoms with Gasteiger partial charge in [-0.1, -0.05) is 20.8 Å². The molecule has 4 nitrogen and oxygen atoms in total. The molecule has 0 aliphatic heterocycles. The van der Waals surface area contributed by atoms with Crippen LogP contribution in [0.4, 0.5) is 0 Å². The van der Waals surface area contributed by atoms with Gasteiger partial charge in [-0.2, -0.15) is 0 Å². The Morgan fingerprint density at radius 2 is 1.86 bits per heavy atom. The quantitative estimate of drug-likeness (QED) is 0.524. The first-order valence-corrected chi connectivity index (χ1v) is 5.17. The van der Waals surface area contributed by atoms with Crippen LogP contribution >= 0.6 is 0 Å². The van der Waals surface area contributed by atoms with Crippen LogP contribution in [0.1, 0.15) is 40.0 Å². The molecule has 1 saturated carbocycles. The summed E-state index contributed by atoms with van der Waals surface area (Å²) in [6, 6.07) is 0.136. The van der Waals surface area contributed by atoms with Gasteiger partial charge in [-0.15, -0.1) is 0 Å². The van der Waals surface area contributed by atoms with Crippen molar-refractivity contribution in [2.75, 3.05) is 6.54 Å². The van der Waals surface area contributed by atoms with E-state index in [9.17, 15) is 0 Å². The summed E-state index contributed by atoms with van der Waals surface area (Å²) in [5.74, 6) is 0. The van der Waals surface area contributed by atoms with E-state index in [4.69, 9.17) is 10.4 Å². The van der Waals surface area contributed by atoms with E-state index in [1.165, 1.54) is 0 Å². The van der Waals surface area contributed by atoms with Gasteiger partial charge in [-0.3, -0.25) is 0 Å². The Labute approximate surface area is 85.6 Å². The zero-order chi connectivity index (χ0) is 10.8. The minimum atomic E-state index is 0.0525. The minimum Gasteiger partial charge on any atom is -0.317 e. The van der Waals surface area contributed by atoms with Crippen LogP contribution in [0.3, 0.4) is 0 Å². The second-order valence-corrected chi connectivity index (χ2v) is 5.72. The third-order valence-corrected chi connectivity index (χ3v) is 3.13. The van der Waals surface area contributed by atoms with Crippen molar-refractivity contribution in [1.82, 2.24) is 11.0 Å². The first-order valence-electron chi connectivity index (χ1n) is 5.17. The molecule has 0 saturated heterocycles. The van der Waals surface area contributed by atoms with Gasteiger partial charge in [0.15, 0.2) is 0 Å². The van der Waals surface area contributed by atoms with Gasteiger partial charge in [-0.05, 0) is 30.1 Å². The summed E-state index contributed by atoms with van der Waals surface area (Å²) in [5.41, 5.74) is 4.88. The van der Waals surface area contributed by atoms with E-state index in [0.717, 1.165) is 19.3 Å². The number of nitrogens with one attached hydrogen (secondary N) is 2. The van der Waals surface area contributed by atoms with Crippen molar-refractivity contribution >= 4 is 0 Å². The fourth-order valence-corrected chi connectivity index (χ4v) is 3.05. The number of rotatable bonds is 3. The summed E-state index contributed by atoms with van der Waals surface area (Å²) >= 11 is 0. The molecule has 4 N–H and O–H groups in total. The van der Waals surface area contributed by atoms with E-state index < -0.39 is 0 Å². The first kappa shape index (κ1) is 11.9. The standard InChI is InChI=1S/C10H22N2O2/c1-9(2)4-8(12-14)5-10(3,6-9)7-11-13/h8,11-14H,4-7H2,1-3H3. The molecule has 2 atom stereocenters. The van der Waals surface area contributed by atoms with E-state index in [2.05, 4.69) is 31.7 Å². The van der Waals surface area contributed by atoms with Gasteiger partial charge >= 0.3 is 0 Å². The summed E-state index contributed by atoms with van der Waals surface area (Å²) in [6.45, 7) is 7.12. The second-order valence-electron chi connectivity index (χ2n) is 5.72. The second kappa shape index (κ2) is 4.14. The monoisotopic (exact) mass is 202 g/mol. The van der Waals surface area contributed by atoms with Gasteiger partial charge in [0.05, 0.1) is 0 Å². The normalized spacial score (nSPS) is 37.1. The Bertz CT molecular complexity index is 197. The van der Waals surface area contributed by atoms with Crippen molar-refractivity contribution in [3.8, 4) is 0 Å². The minimum absolute atomic E-state index is 0.0525. The van der Waals surface area contributed by atoms with Crippen LogP contribution in [0.15, 0.2) is 0 Å². The highest BCUT2D eigenvalue weighted by molar-refractivity contribution is 4.93. The lowest BCUT2D eigenvalue weighted by Gasteiger charge is -2.46. The molecule has 14 heavy (non-hydrogen) atoms. The van der Waals surface area contributed by atoms with Crippen LogP contribution in [0, 0.1) is 10.8 Å². The molecule has 1 aliphatic rings. The molecule has 0 aromatic heterocycles. The molecule has 0 radical (unpaired) electrons. The number of hydroxylamine groups is 2. The summed E-state index contributed by atoms with van der Waals surface area (Å²) in [7, 11) is 0. The highest BCUT2D eigenvalue weighted by Gasteiger charge is 2.40. The zero-order valence-electron chi connectivity index (χ0n) is 9.30. The van der Waals surface area contributed by atoms with Crippen LogP contribution in [-0.2, 0) is 0 Å². The van der Waals surface area contributed by atoms with Crippen molar-refractivity contribution in [3.63, 3.8) is 0 Å². The van der Waals surface area contributed by atoms with Crippen molar-refractivity contribution in [2.24, 2.45) is 10.8 Å². The maximum Gasteiger partial charge on any atom is 0.0330 e. The van der Waals surface area contributed by atoms with Gasteiger partial charge in [0.25, 0.3) is 0 Å². The van der Waals surface area contributed by atoms with Crippen LogP contribution < -0.4 is 11.0 Å². The maximum absolute atomic E-state index is 8.99. The Hall–Kier alpha value is -0.160. The third-order valence-electron chi connectivity index (χ3n) is 3.13. The lowest BCUT2D eigenvalue weighted by Crippen LogP contribution is -2.47. The van der Waals surface area contributed by atoms with Gasteiger partial charge in [0.1, 0.15) is 0 Å². The Kier molecular flexibility index (Phi) is 3.53. The van der Waals surface area contributed by atoms with Gasteiger partial charge in [-0.25, -0.2) is 11.0 Å². The highest BCUT2D eigenvalue weighted by Crippen LogP contribution is 2.45. The summed E-state index contributed by atoms with van der Waals surface area (Å²) in [6.07, 6.45) is 2.93. The number of hydrogen-bond acceptors (Lipinski definition) is 4. The van der Waals surface area contributed by atoms with Crippen LogP contribution in [0.2, 0.25) is 0 Å². The Balaban J connectivity index is 2.69. The van der Waals surface area contributed by atoms with Crippen molar-refractivity contribution in [3.05, 3.63) is 0 Å². The molecule has 1 aliphatic carbocycles. The predicted octanol–water partition coefficient (Wildman–Crippen LogP) is 1.53. The molecular weight excluding hydrogens is 180 g/mol. The van der Waals surface area contributed by atoms with E-state index in [0.29, 0.717) is 6.54 Å². The molecule has 0 aromatic carbocycles. The van der Waals surface area contributed by atoms with Crippen LogP contribution in [-0.4, -0.2) is 23.0 Å². The van der Waals surface area contributed by atoms with E-state index in [1.807, 2.05) is 0 Å². The Morgan fingerprint density at radius 1 is 1.21 bits per heavy atom. The molecule has 84 valence electrons. The average molecular weight is 202 g/mol. The van der Waals surface area contributed by atoms with Crippen LogP contribution in [0.25, 0.3) is 0 Å². The van der Waals surface area contributed by atoms with Gasteiger partial charge in [0, 0.05) is 12.6 Å². The highest BCUT2D eigenvalue weighted by atomic mass is 16.5. The molecule has 0 bridgehead atoms. The molecule has 2 unspecified atom stereocenters. The molecule has 0 spiro atoms. The molecule has 0 aromatic rings. The number of hydrogen-bond donors (Lipinski definition) is 4. The zero-order valence-corrected chi connectivity index (χ0v) is 9.30. The lowest BCUT2D eigenvalue weighted by atomic mass is 9.63. The molecule has 1 rings (SSSR count). The van der Waals surface area contributed by atoms with Gasteiger partial charge in [0.2, 0.25) is 0 Å². The molecule has 0 amide bonds. The van der Waals surface area contributed by atoms with Crippen molar-refractivity contribution < 1.29 is 10.4 Å². The fourth-order valence-electron chi connectivity index (χ4n) is 3.05. The Morgan fingerprint density at radius 3 is 2.36 bits per heavy atom. The average Bonchev–Trinajstić information content (AvgIpc) is 2.00. The maximum atomic E-state index is 8.99. The van der Waals surface area contributed by atoms with Crippen molar-refractivity contribution in [2.45, 2.75) is 46.1 Å².